The third-order valence-corrected chi connectivity index (χ3v) is 5.42. The summed E-state index contributed by atoms with van der Waals surface area (Å²) in [4.78, 5) is 0. The van der Waals surface area contributed by atoms with E-state index in [2.05, 4.69) is 12.2 Å². The number of anilines is 1. The molecule has 1 aromatic rings. The Labute approximate surface area is 109 Å². The lowest BCUT2D eigenvalue weighted by Crippen LogP contribution is -2.25. The van der Waals surface area contributed by atoms with E-state index in [1.54, 1.807) is 0 Å². The molecular formula is C13H20N2O2S. The monoisotopic (exact) mass is 268 g/mol. The van der Waals surface area contributed by atoms with Crippen LogP contribution in [0, 0.1) is 5.92 Å². The molecule has 0 saturated carbocycles. The highest BCUT2D eigenvalue weighted by molar-refractivity contribution is 7.93. The average molecular weight is 268 g/mol. The summed E-state index contributed by atoms with van der Waals surface area (Å²) in [5.41, 5.74) is 1.88. The maximum atomic E-state index is 12.0. The molecule has 5 heteroatoms. The van der Waals surface area contributed by atoms with Crippen molar-refractivity contribution in [2.75, 3.05) is 23.7 Å². The zero-order chi connectivity index (χ0) is 13.3. The fraction of sp³-hybridized carbons (Fsp3) is 0.538. The summed E-state index contributed by atoms with van der Waals surface area (Å²) in [6, 6.07) is 7.96. The quantitative estimate of drug-likeness (QED) is 0.908. The molecule has 0 radical (unpaired) electrons. The first kappa shape index (κ1) is 13.4. The largest absolute Gasteiger partial charge is 0.313 e. The van der Waals surface area contributed by atoms with E-state index >= 15 is 0 Å². The van der Waals surface area contributed by atoms with Gasteiger partial charge in [-0.3, -0.25) is 4.31 Å². The maximum Gasteiger partial charge on any atom is 0.235 e. The summed E-state index contributed by atoms with van der Waals surface area (Å²) in [6.45, 7) is 4.61. The van der Waals surface area contributed by atoms with Crippen molar-refractivity contribution in [1.29, 1.82) is 0 Å². The molecule has 18 heavy (non-hydrogen) atoms. The average Bonchev–Trinajstić information content (AvgIpc) is 2.61. The van der Waals surface area contributed by atoms with Crippen LogP contribution in [0.25, 0.3) is 0 Å². The first-order chi connectivity index (χ1) is 8.44. The molecule has 1 fully saturated rings. The van der Waals surface area contributed by atoms with E-state index in [-0.39, 0.29) is 17.7 Å². The molecule has 0 unspecified atom stereocenters. The number of sulfonamides is 1. The number of nitrogens with zero attached hydrogens (tertiary/aromatic N) is 1. The predicted molar refractivity (Wildman–Crippen MR) is 74.2 cm³/mol. The van der Waals surface area contributed by atoms with Crippen molar-refractivity contribution in [3.05, 3.63) is 29.8 Å². The van der Waals surface area contributed by atoms with Crippen LogP contribution in [0.1, 0.15) is 25.5 Å². The summed E-state index contributed by atoms with van der Waals surface area (Å²) in [6.07, 6.45) is 0. The van der Waals surface area contributed by atoms with E-state index in [9.17, 15) is 8.42 Å². The number of nitrogens with one attached hydrogen (secondary N) is 1. The van der Waals surface area contributed by atoms with E-state index in [0.29, 0.717) is 6.54 Å². The van der Waals surface area contributed by atoms with Crippen LogP contribution >= 0.6 is 0 Å². The smallest absolute Gasteiger partial charge is 0.235 e. The molecule has 2 rings (SSSR count). The van der Waals surface area contributed by atoms with Crippen molar-refractivity contribution in [3.8, 4) is 0 Å². The van der Waals surface area contributed by atoms with E-state index < -0.39 is 10.0 Å². The Morgan fingerprint density at radius 3 is 2.72 bits per heavy atom. The Morgan fingerprint density at radius 1 is 1.44 bits per heavy atom. The van der Waals surface area contributed by atoms with E-state index in [0.717, 1.165) is 11.3 Å². The van der Waals surface area contributed by atoms with Crippen molar-refractivity contribution >= 4 is 15.7 Å². The van der Waals surface area contributed by atoms with Crippen LogP contribution in [0.5, 0.6) is 0 Å². The van der Waals surface area contributed by atoms with Crippen LogP contribution in [0.15, 0.2) is 24.3 Å². The van der Waals surface area contributed by atoms with Gasteiger partial charge in [-0.15, -0.1) is 0 Å². The summed E-state index contributed by atoms with van der Waals surface area (Å²) in [7, 11) is -1.23. The van der Waals surface area contributed by atoms with Gasteiger partial charge in [0.2, 0.25) is 10.0 Å². The molecule has 0 aliphatic carbocycles. The Kier molecular flexibility index (Phi) is 3.64. The fourth-order valence-corrected chi connectivity index (χ4v) is 4.20. The highest BCUT2D eigenvalue weighted by Gasteiger charge is 2.33. The van der Waals surface area contributed by atoms with Crippen molar-refractivity contribution in [1.82, 2.24) is 5.32 Å². The standard InChI is InChI=1S/C13H20N2O2S/c1-10-8-15(18(16,17)9-10)13-6-4-5-12(7-13)11(2)14-3/h4-7,10-11,14H,8-9H2,1-3H3/t10-,11-/m0/s1. The second kappa shape index (κ2) is 4.90. The lowest BCUT2D eigenvalue weighted by molar-refractivity contribution is 0.598. The van der Waals surface area contributed by atoms with Crippen LogP contribution < -0.4 is 9.62 Å². The third-order valence-electron chi connectivity index (χ3n) is 3.40. The maximum absolute atomic E-state index is 12.0. The van der Waals surface area contributed by atoms with Crippen LogP contribution in [0.2, 0.25) is 0 Å². The van der Waals surface area contributed by atoms with Crippen molar-refractivity contribution in [3.63, 3.8) is 0 Å². The van der Waals surface area contributed by atoms with Gasteiger partial charge >= 0.3 is 0 Å². The first-order valence-electron chi connectivity index (χ1n) is 6.21. The second-order valence-corrected chi connectivity index (χ2v) is 6.96. The lowest BCUT2D eigenvalue weighted by atomic mass is 10.1. The lowest BCUT2D eigenvalue weighted by Gasteiger charge is -2.19. The number of benzene rings is 1. The van der Waals surface area contributed by atoms with Gasteiger partial charge in [-0.25, -0.2) is 8.42 Å². The molecule has 1 N–H and O–H groups in total. The highest BCUT2D eigenvalue weighted by Crippen LogP contribution is 2.28. The minimum absolute atomic E-state index is 0.195. The van der Waals surface area contributed by atoms with Gasteiger partial charge in [0.15, 0.2) is 0 Å². The van der Waals surface area contributed by atoms with E-state index in [4.69, 9.17) is 0 Å². The normalized spacial score (nSPS) is 24.2. The molecule has 0 amide bonds. The summed E-state index contributed by atoms with van der Waals surface area (Å²) in [5.74, 6) is 0.444. The molecule has 0 bridgehead atoms. The van der Waals surface area contributed by atoms with Gasteiger partial charge < -0.3 is 5.32 Å². The summed E-state index contributed by atoms with van der Waals surface area (Å²) < 4.78 is 25.6. The molecule has 100 valence electrons. The highest BCUT2D eigenvalue weighted by atomic mass is 32.2. The first-order valence-corrected chi connectivity index (χ1v) is 7.82. The number of hydrogen-bond donors (Lipinski definition) is 1. The SMILES string of the molecule is CN[C@@H](C)c1cccc(N2C[C@H](C)CS2(=O)=O)c1. The minimum Gasteiger partial charge on any atom is -0.313 e. The van der Waals surface area contributed by atoms with Crippen LogP contribution in [-0.4, -0.2) is 27.8 Å². The molecule has 0 aromatic heterocycles. The molecule has 1 aliphatic heterocycles. The van der Waals surface area contributed by atoms with Gasteiger partial charge in [0.1, 0.15) is 0 Å². The summed E-state index contributed by atoms with van der Waals surface area (Å²) in [5, 5.41) is 3.16. The number of rotatable bonds is 3. The topological polar surface area (TPSA) is 49.4 Å². The Balaban J connectivity index is 2.35. The van der Waals surface area contributed by atoms with Gasteiger partial charge in [0.25, 0.3) is 0 Å². The zero-order valence-electron chi connectivity index (χ0n) is 11.1. The predicted octanol–water partition coefficient (Wildman–Crippen LogP) is 1.75. The Hall–Kier alpha value is -1.07. The molecular weight excluding hydrogens is 248 g/mol. The van der Waals surface area contributed by atoms with Crippen LogP contribution in [-0.2, 0) is 10.0 Å². The van der Waals surface area contributed by atoms with Crippen molar-refractivity contribution in [2.45, 2.75) is 19.9 Å². The van der Waals surface area contributed by atoms with Crippen LogP contribution in [0.3, 0.4) is 0 Å². The molecule has 1 heterocycles. The minimum atomic E-state index is -3.13. The van der Waals surface area contributed by atoms with Crippen molar-refractivity contribution < 1.29 is 8.42 Å². The molecule has 4 nitrogen and oxygen atoms in total. The third kappa shape index (κ3) is 2.52. The molecule has 1 saturated heterocycles. The molecule has 1 aromatic carbocycles. The summed E-state index contributed by atoms with van der Waals surface area (Å²) >= 11 is 0. The van der Waals surface area contributed by atoms with E-state index in [1.807, 2.05) is 38.2 Å². The zero-order valence-corrected chi connectivity index (χ0v) is 11.9. The fourth-order valence-electron chi connectivity index (χ4n) is 2.28. The molecule has 1 aliphatic rings. The van der Waals surface area contributed by atoms with Gasteiger partial charge in [0, 0.05) is 12.6 Å². The number of hydrogen-bond acceptors (Lipinski definition) is 3. The van der Waals surface area contributed by atoms with Gasteiger partial charge in [0.05, 0.1) is 11.4 Å². The second-order valence-electron chi connectivity index (χ2n) is 5.02. The van der Waals surface area contributed by atoms with Crippen LogP contribution in [0.4, 0.5) is 5.69 Å². The Bertz CT molecular complexity index is 528. The van der Waals surface area contributed by atoms with Gasteiger partial charge in [-0.05, 0) is 37.6 Å². The van der Waals surface area contributed by atoms with Gasteiger partial charge in [-0.1, -0.05) is 19.1 Å². The van der Waals surface area contributed by atoms with E-state index in [1.165, 1.54) is 4.31 Å². The molecule has 0 spiro atoms. The van der Waals surface area contributed by atoms with Crippen molar-refractivity contribution in [2.24, 2.45) is 5.92 Å². The Morgan fingerprint density at radius 2 is 2.17 bits per heavy atom. The molecule has 2 atom stereocenters. The van der Waals surface area contributed by atoms with Gasteiger partial charge in [-0.2, -0.15) is 0 Å².